The zero-order valence-electron chi connectivity index (χ0n) is 12.7. The molecule has 0 amide bonds. The molecule has 2 aromatic rings. The molecule has 0 saturated heterocycles. The van der Waals surface area contributed by atoms with Gasteiger partial charge in [-0.3, -0.25) is 0 Å². The molecule has 0 fully saturated rings. The first kappa shape index (κ1) is 16.5. The zero-order valence-corrected chi connectivity index (χ0v) is 14.3. The molecule has 1 unspecified atom stereocenters. The van der Waals surface area contributed by atoms with Crippen LogP contribution in [0.2, 0.25) is 5.02 Å². The number of hydrogen-bond acceptors (Lipinski definition) is 3. The molecule has 0 bridgehead atoms. The minimum absolute atomic E-state index is 0.546. The predicted molar refractivity (Wildman–Crippen MR) is 92.2 cm³/mol. The highest BCUT2D eigenvalue weighted by Crippen LogP contribution is 2.17. The van der Waals surface area contributed by atoms with Gasteiger partial charge in [-0.2, -0.15) is 0 Å². The van der Waals surface area contributed by atoms with Crippen molar-refractivity contribution in [2.75, 3.05) is 13.1 Å². The van der Waals surface area contributed by atoms with E-state index in [0.29, 0.717) is 11.8 Å². The van der Waals surface area contributed by atoms with Crippen molar-refractivity contribution in [3.8, 4) is 0 Å². The molecule has 1 atom stereocenters. The average Bonchev–Trinajstić information content (AvgIpc) is 2.91. The molecule has 114 valence electrons. The SMILES string of the molecule is CC(C)CNCC(Cc1cccc(Cl)c1)Cc1cscn1. The summed E-state index contributed by atoms with van der Waals surface area (Å²) < 4.78 is 0. The molecule has 0 radical (unpaired) electrons. The Hall–Kier alpha value is -0.900. The fraction of sp³-hybridized carbons (Fsp3) is 0.471. The van der Waals surface area contributed by atoms with Crippen molar-refractivity contribution in [3.63, 3.8) is 0 Å². The second-order valence-corrected chi connectivity index (χ2v) is 7.09. The number of halogens is 1. The Balaban J connectivity index is 1.96. The number of thiazole rings is 1. The van der Waals surface area contributed by atoms with Crippen LogP contribution in [0.15, 0.2) is 35.2 Å². The third-order valence-electron chi connectivity index (χ3n) is 3.38. The third kappa shape index (κ3) is 6.16. The standard InChI is InChI=1S/C17H23ClN2S/c1-13(2)9-19-10-15(8-17-11-21-12-20-17)6-14-4-3-5-16(18)7-14/h3-5,7,11-13,15,19H,6,8-10H2,1-2H3. The molecular formula is C17H23ClN2S. The van der Waals surface area contributed by atoms with Gasteiger partial charge in [-0.15, -0.1) is 11.3 Å². The summed E-state index contributed by atoms with van der Waals surface area (Å²) in [5.74, 6) is 1.22. The fourth-order valence-corrected chi connectivity index (χ4v) is 3.21. The summed E-state index contributed by atoms with van der Waals surface area (Å²) in [7, 11) is 0. The van der Waals surface area contributed by atoms with Gasteiger partial charge in [0.05, 0.1) is 11.2 Å². The zero-order chi connectivity index (χ0) is 15.1. The number of benzene rings is 1. The van der Waals surface area contributed by atoms with Crippen LogP contribution in [-0.4, -0.2) is 18.1 Å². The molecule has 1 heterocycles. The van der Waals surface area contributed by atoms with E-state index in [-0.39, 0.29) is 0 Å². The minimum atomic E-state index is 0.546. The van der Waals surface area contributed by atoms with E-state index in [1.807, 2.05) is 17.6 Å². The van der Waals surface area contributed by atoms with Crippen LogP contribution in [0.3, 0.4) is 0 Å². The Morgan fingerprint density at radius 3 is 2.76 bits per heavy atom. The quantitative estimate of drug-likeness (QED) is 0.777. The maximum atomic E-state index is 6.09. The van der Waals surface area contributed by atoms with Gasteiger partial charge >= 0.3 is 0 Å². The van der Waals surface area contributed by atoms with Crippen LogP contribution in [0.25, 0.3) is 0 Å². The van der Waals surface area contributed by atoms with Gasteiger partial charge in [-0.1, -0.05) is 37.6 Å². The van der Waals surface area contributed by atoms with Crippen molar-refractivity contribution < 1.29 is 0 Å². The van der Waals surface area contributed by atoms with Gasteiger partial charge in [0.2, 0.25) is 0 Å². The summed E-state index contributed by atoms with van der Waals surface area (Å²) in [5.41, 5.74) is 4.40. The smallest absolute Gasteiger partial charge is 0.0794 e. The molecule has 0 aliphatic heterocycles. The summed E-state index contributed by atoms with van der Waals surface area (Å²) in [6.45, 7) is 6.55. The Kier molecular flexibility index (Phi) is 6.68. The lowest BCUT2D eigenvalue weighted by atomic mass is 9.94. The Morgan fingerprint density at radius 2 is 2.10 bits per heavy atom. The largest absolute Gasteiger partial charge is 0.316 e. The first-order valence-electron chi connectivity index (χ1n) is 7.45. The number of rotatable bonds is 8. The van der Waals surface area contributed by atoms with Gasteiger partial charge in [-0.05, 0) is 55.5 Å². The molecule has 1 N–H and O–H groups in total. The molecule has 1 aromatic carbocycles. The number of hydrogen-bond donors (Lipinski definition) is 1. The number of aromatic nitrogens is 1. The first-order chi connectivity index (χ1) is 10.1. The van der Waals surface area contributed by atoms with E-state index in [2.05, 4.69) is 41.7 Å². The molecule has 2 rings (SSSR count). The Labute approximate surface area is 136 Å². The highest BCUT2D eigenvalue weighted by atomic mass is 35.5. The van der Waals surface area contributed by atoms with E-state index in [1.165, 1.54) is 11.3 Å². The summed E-state index contributed by atoms with van der Waals surface area (Å²) in [5, 5.41) is 6.54. The van der Waals surface area contributed by atoms with Crippen molar-refractivity contribution >= 4 is 22.9 Å². The minimum Gasteiger partial charge on any atom is -0.316 e. The van der Waals surface area contributed by atoms with Crippen LogP contribution in [0, 0.1) is 11.8 Å². The Morgan fingerprint density at radius 1 is 1.24 bits per heavy atom. The van der Waals surface area contributed by atoms with Gasteiger partial charge in [-0.25, -0.2) is 4.98 Å². The molecule has 4 heteroatoms. The van der Waals surface area contributed by atoms with Crippen molar-refractivity contribution in [2.45, 2.75) is 26.7 Å². The molecule has 21 heavy (non-hydrogen) atoms. The van der Waals surface area contributed by atoms with Gasteiger partial charge in [0, 0.05) is 10.4 Å². The summed E-state index contributed by atoms with van der Waals surface area (Å²) in [4.78, 5) is 4.42. The molecule has 2 nitrogen and oxygen atoms in total. The summed E-state index contributed by atoms with van der Waals surface area (Å²) >= 11 is 7.76. The highest BCUT2D eigenvalue weighted by molar-refractivity contribution is 7.07. The maximum Gasteiger partial charge on any atom is 0.0794 e. The van der Waals surface area contributed by atoms with Gasteiger partial charge in [0.1, 0.15) is 0 Å². The topological polar surface area (TPSA) is 24.9 Å². The molecule has 0 aliphatic carbocycles. The van der Waals surface area contributed by atoms with Crippen LogP contribution in [0.5, 0.6) is 0 Å². The van der Waals surface area contributed by atoms with E-state index in [9.17, 15) is 0 Å². The molecule has 1 aromatic heterocycles. The van der Waals surface area contributed by atoms with Gasteiger partial charge in [0.15, 0.2) is 0 Å². The van der Waals surface area contributed by atoms with Crippen molar-refractivity contribution in [1.29, 1.82) is 0 Å². The lowest BCUT2D eigenvalue weighted by molar-refractivity contribution is 0.443. The average molecular weight is 323 g/mol. The molecule has 0 spiro atoms. The van der Waals surface area contributed by atoms with Crippen LogP contribution in [-0.2, 0) is 12.8 Å². The van der Waals surface area contributed by atoms with Gasteiger partial charge < -0.3 is 5.32 Å². The lowest BCUT2D eigenvalue weighted by Gasteiger charge is -2.18. The molecule has 0 aliphatic rings. The van der Waals surface area contributed by atoms with E-state index in [0.717, 1.165) is 31.0 Å². The lowest BCUT2D eigenvalue weighted by Crippen LogP contribution is -2.28. The summed E-state index contributed by atoms with van der Waals surface area (Å²) in [6.07, 6.45) is 2.05. The predicted octanol–water partition coefficient (Wildman–Crippen LogP) is 4.44. The van der Waals surface area contributed by atoms with E-state index in [4.69, 9.17) is 11.6 Å². The van der Waals surface area contributed by atoms with Crippen molar-refractivity contribution in [2.24, 2.45) is 11.8 Å². The number of nitrogens with zero attached hydrogens (tertiary/aromatic N) is 1. The van der Waals surface area contributed by atoms with Crippen molar-refractivity contribution in [1.82, 2.24) is 10.3 Å². The first-order valence-corrected chi connectivity index (χ1v) is 8.77. The van der Waals surface area contributed by atoms with Crippen LogP contribution in [0.1, 0.15) is 25.1 Å². The molecule has 0 saturated carbocycles. The Bertz CT molecular complexity index is 525. The van der Waals surface area contributed by atoms with Crippen LogP contribution < -0.4 is 5.32 Å². The second kappa shape index (κ2) is 8.52. The third-order valence-corrected chi connectivity index (χ3v) is 4.25. The highest BCUT2D eigenvalue weighted by Gasteiger charge is 2.12. The second-order valence-electron chi connectivity index (χ2n) is 5.94. The monoisotopic (exact) mass is 322 g/mol. The van der Waals surface area contributed by atoms with Crippen molar-refractivity contribution in [3.05, 3.63) is 51.4 Å². The van der Waals surface area contributed by atoms with Crippen LogP contribution in [0.4, 0.5) is 0 Å². The van der Waals surface area contributed by atoms with E-state index < -0.39 is 0 Å². The van der Waals surface area contributed by atoms with Crippen LogP contribution >= 0.6 is 22.9 Å². The normalized spacial score (nSPS) is 12.8. The molecular weight excluding hydrogens is 300 g/mol. The number of nitrogens with one attached hydrogen (secondary N) is 1. The van der Waals surface area contributed by atoms with Gasteiger partial charge in [0.25, 0.3) is 0 Å². The van der Waals surface area contributed by atoms with E-state index in [1.54, 1.807) is 11.3 Å². The summed E-state index contributed by atoms with van der Waals surface area (Å²) in [6, 6.07) is 8.18. The maximum absolute atomic E-state index is 6.09. The fourth-order valence-electron chi connectivity index (χ4n) is 2.42. The van der Waals surface area contributed by atoms with E-state index >= 15 is 0 Å².